The van der Waals surface area contributed by atoms with Crippen molar-refractivity contribution in [2.75, 3.05) is 28.6 Å². The van der Waals surface area contributed by atoms with Gasteiger partial charge in [0, 0.05) is 24.5 Å². The molecule has 130 valence electrons. The lowest BCUT2D eigenvalue weighted by molar-refractivity contribution is -0.132. The zero-order valence-corrected chi connectivity index (χ0v) is 14.9. The Morgan fingerprint density at radius 3 is 2.00 bits per heavy atom. The minimum Gasteiger partial charge on any atom is -0.372 e. The zero-order chi connectivity index (χ0) is 17.8. The Labute approximate surface area is 155 Å². The molecule has 2 aromatic rings. The van der Waals surface area contributed by atoms with E-state index in [9.17, 15) is 9.59 Å². The summed E-state index contributed by atoms with van der Waals surface area (Å²) in [7, 11) is 0. The SMILES string of the molecule is O=C(Nc1ccc(N2CCCC2)cc1)C(=O)Nc1c(Cl)cccc1Cl. The van der Waals surface area contributed by atoms with Crippen molar-refractivity contribution >= 4 is 52.1 Å². The molecule has 0 aliphatic carbocycles. The first-order valence-corrected chi connectivity index (χ1v) is 8.71. The largest absolute Gasteiger partial charge is 0.372 e. The highest BCUT2D eigenvalue weighted by atomic mass is 35.5. The van der Waals surface area contributed by atoms with Gasteiger partial charge in [0.1, 0.15) is 0 Å². The average molecular weight is 378 g/mol. The number of amides is 2. The maximum absolute atomic E-state index is 12.1. The number of hydrogen-bond donors (Lipinski definition) is 2. The normalized spacial score (nSPS) is 13.6. The molecule has 3 rings (SSSR count). The Hall–Kier alpha value is -2.24. The minimum absolute atomic E-state index is 0.218. The molecule has 0 unspecified atom stereocenters. The molecule has 0 radical (unpaired) electrons. The first-order valence-electron chi connectivity index (χ1n) is 7.96. The van der Waals surface area contributed by atoms with Crippen LogP contribution in [0.1, 0.15) is 12.8 Å². The first kappa shape index (κ1) is 17.6. The second kappa shape index (κ2) is 7.76. The summed E-state index contributed by atoms with van der Waals surface area (Å²) < 4.78 is 0. The third-order valence-electron chi connectivity index (χ3n) is 4.00. The summed E-state index contributed by atoms with van der Waals surface area (Å²) in [4.78, 5) is 26.4. The van der Waals surface area contributed by atoms with Gasteiger partial charge in [0.05, 0.1) is 15.7 Å². The van der Waals surface area contributed by atoms with Crippen LogP contribution in [0.3, 0.4) is 0 Å². The van der Waals surface area contributed by atoms with Gasteiger partial charge >= 0.3 is 11.8 Å². The molecule has 0 atom stereocenters. The van der Waals surface area contributed by atoms with Gasteiger partial charge in [-0.05, 0) is 49.2 Å². The van der Waals surface area contributed by atoms with E-state index in [2.05, 4.69) is 15.5 Å². The van der Waals surface area contributed by atoms with Crippen LogP contribution in [0.2, 0.25) is 10.0 Å². The van der Waals surface area contributed by atoms with Gasteiger partial charge in [0.25, 0.3) is 0 Å². The topological polar surface area (TPSA) is 61.4 Å². The number of halogens is 2. The molecule has 1 heterocycles. The summed E-state index contributed by atoms with van der Waals surface area (Å²) in [5.74, 6) is -1.62. The lowest BCUT2D eigenvalue weighted by atomic mass is 10.2. The van der Waals surface area contributed by atoms with E-state index < -0.39 is 11.8 Å². The number of anilines is 3. The molecule has 2 amide bonds. The maximum Gasteiger partial charge on any atom is 0.314 e. The summed E-state index contributed by atoms with van der Waals surface area (Å²) in [6.45, 7) is 2.10. The van der Waals surface area contributed by atoms with Crippen molar-refractivity contribution in [3.63, 3.8) is 0 Å². The predicted molar refractivity (Wildman–Crippen MR) is 102 cm³/mol. The minimum atomic E-state index is -0.835. The molecule has 25 heavy (non-hydrogen) atoms. The number of carbonyl (C=O) groups excluding carboxylic acids is 2. The molecule has 1 aliphatic rings. The predicted octanol–water partition coefficient (Wildman–Crippen LogP) is 4.17. The molecule has 7 heteroatoms. The maximum atomic E-state index is 12.1. The lowest BCUT2D eigenvalue weighted by Crippen LogP contribution is -2.29. The molecule has 1 fully saturated rings. The number of nitrogens with zero attached hydrogens (tertiary/aromatic N) is 1. The van der Waals surface area contributed by atoms with Gasteiger partial charge in [-0.3, -0.25) is 9.59 Å². The monoisotopic (exact) mass is 377 g/mol. The second-order valence-electron chi connectivity index (χ2n) is 5.75. The van der Waals surface area contributed by atoms with E-state index in [0.29, 0.717) is 5.69 Å². The number of para-hydroxylation sites is 1. The molecule has 0 spiro atoms. The number of carbonyl (C=O) groups is 2. The van der Waals surface area contributed by atoms with Crippen molar-refractivity contribution in [1.29, 1.82) is 0 Å². The molecule has 2 aromatic carbocycles. The van der Waals surface area contributed by atoms with Crippen molar-refractivity contribution in [3.05, 3.63) is 52.5 Å². The fraction of sp³-hybridized carbons (Fsp3) is 0.222. The fourth-order valence-corrected chi connectivity index (χ4v) is 3.20. The van der Waals surface area contributed by atoms with Gasteiger partial charge in [-0.1, -0.05) is 29.3 Å². The van der Waals surface area contributed by atoms with Crippen molar-refractivity contribution in [1.82, 2.24) is 0 Å². The summed E-state index contributed by atoms with van der Waals surface area (Å²) in [6.07, 6.45) is 2.40. The summed E-state index contributed by atoms with van der Waals surface area (Å²) >= 11 is 12.0. The van der Waals surface area contributed by atoms with E-state index in [4.69, 9.17) is 23.2 Å². The number of nitrogens with one attached hydrogen (secondary N) is 2. The standard InChI is InChI=1S/C18H17Cl2N3O2/c19-14-4-3-5-15(20)16(14)22-18(25)17(24)21-12-6-8-13(9-7-12)23-10-1-2-11-23/h3-9H,1-2,10-11H2,(H,21,24)(H,22,25). The number of benzene rings is 2. The van der Waals surface area contributed by atoms with Crippen LogP contribution in [0.5, 0.6) is 0 Å². The molecular formula is C18H17Cl2N3O2. The van der Waals surface area contributed by atoms with Crippen LogP contribution in [0.15, 0.2) is 42.5 Å². The Morgan fingerprint density at radius 2 is 1.40 bits per heavy atom. The number of hydrogen-bond acceptors (Lipinski definition) is 3. The van der Waals surface area contributed by atoms with Crippen LogP contribution in [0.25, 0.3) is 0 Å². The molecule has 1 aliphatic heterocycles. The van der Waals surface area contributed by atoms with E-state index >= 15 is 0 Å². The Morgan fingerprint density at radius 1 is 0.840 bits per heavy atom. The van der Waals surface area contributed by atoms with E-state index in [1.165, 1.54) is 12.8 Å². The van der Waals surface area contributed by atoms with Crippen LogP contribution in [0.4, 0.5) is 17.1 Å². The summed E-state index contributed by atoms with van der Waals surface area (Å²) in [5.41, 5.74) is 1.88. The number of rotatable bonds is 3. The third kappa shape index (κ3) is 4.24. The van der Waals surface area contributed by atoms with Gasteiger partial charge in [-0.15, -0.1) is 0 Å². The zero-order valence-electron chi connectivity index (χ0n) is 13.4. The van der Waals surface area contributed by atoms with E-state index in [-0.39, 0.29) is 15.7 Å². The van der Waals surface area contributed by atoms with Gasteiger partial charge in [0.15, 0.2) is 0 Å². The molecule has 1 saturated heterocycles. The highest BCUT2D eigenvalue weighted by molar-refractivity contribution is 6.46. The van der Waals surface area contributed by atoms with Crippen LogP contribution >= 0.6 is 23.2 Å². The van der Waals surface area contributed by atoms with Gasteiger partial charge < -0.3 is 15.5 Å². The summed E-state index contributed by atoms with van der Waals surface area (Å²) in [5, 5.41) is 5.53. The lowest BCUT2D eigenvalue weighted by Gasteiger charge is -2.17. The van der Waals surface area contributed by atoms with E-state index in [0.717, 1.165) is 18.8 Å². The molecule has 0 bridgehead atoms. The molecule has 0 saturated carbocycles. The molecule has 2 N–H and O–H groups in total. The summed E-state index contributed by atoms with van der Waals surface area (Å²) in [6, 6.07) is 12.2. The van der Waals surface area contributed by atoms with E-state index in [1.54, 1.807) is 30.3 Å². The van der Waals surface area contributed by atoms with Crippen molar-refractivity contribution < 1.29 is 9.59 Å². The van der Waals surface area contributed by atoms with Crippen molar-refractivity contribution in [3.8, 4) is 0 Å². The van der Waals surface area contributed by atoms with Crippen LogP contribution in [-0.4, -0.2) is 24.9 Å². The average Bonchev–Trinajstić information content (AvgIpc) is 3.13. The van der Waals surface area contributed by atoms with Crippen LogP contribution < -0.4 is 15.5 Å². The first-order chi connectivity index (χ1) is 12.0. The van der Waals surface area contributed by atoms with Crippen molar-refractivity contribution in [2.24, 2.45) is 0 Å². The van der Waals surface area contributed by atoms with Crippen LogP contribution in [0, 0.1) is 0 Å². The smallest absolute Gasteiger partial charge is 0.314 e. The van der Waals surface area contributed by atoms with Gasteiger partial charge in [-0.25, -0.2) is 0 Å². The second-order valence-corrected chi connectivity index (χ2v) is 6.56. The Bertz CT molecular complexity index is 767. The molecule has 5 nitrogen and oxygen atoms in total. The third-order valence-corrected chi connectivity index (χ3v) is 4.63. The van der Waals surface area contributed by atoms with E-state index in [1.807, 2.05) is 12.1 Å². The van der Waals surface area contributed by atoms with Gasteiger partial charge in [-0.2, -0.15) is 0 Å². The highest BCUT2D eigenvalue weighted by Gasteiger charge is 2.17. The quantitative estimate of drug-likeness (QED) is 0.788. The van der Waals surface area contributed by atoms with Crippen LogP contribution in [-0.2, 0) is 9.59 Å². The Balaban J connectivity index is 1.62. The molecule has 0 aromatic heterocycles. The fourth-order valence-electron chi connectivity index (χ4n) is 2.71. The highest BCUT2D eigenvalue weighted by Crippen LogP contribution is 2.29. The van der Waals surface area contributed by atoms with Gasteiger partial charge in [0.2, 0.25) is 0 Å². The van der Waals surface area contributed by atoms with Crippen molar-refractivity contribution in [2.45, 2.75) is 12.8 Å². The Kier molecular flexibility index (Phi) is 5.46. The molecular weight excluding hydrogens is 361 g/mol.